The zero-order valence-electron chi connectivity index (χ0n) is 12.1. The molecule has 0 saturated heterocycles. The molecule has 0 aliphatic carbocycles. The normalized spacial score (nSPS) is 12.2. The number of hydrogen-bond donors (Lipinski definition) is 2. The number of carbonyl (C=O) groups is 1. The fourth-order valence-corrected chi connectivity index (χ4v) is 2.99. The van der Waals surface area contributed by atoms with Gasteiger partial charge < -0.3 is 15.2 Å². The van der Waals surface area contributed by atoms with Crippen molar-refractivity contribution in [1.29, 1.82) is 0 Å². The first-order valence-corrected chi connectivity index (χ1v) is 7.74. The molecule has 0 saturated carbocycles. The Bertz CT molecular complexity index is 447. The van der Waals surface area contributed by atoms with Crippen LogP contribution >= 0.6 is 15.9 Å². The molecule has 1 aromatic carbocycles. The van der Waals surface area contributed by atoms with Gasteiger partial charge in [-0.05, 0) is 24.1 Å². The molecule has 4 nitrogen and oxygen atoms in total. The summed E-state index contributed by atoms with van der Waals surface area (Å²) in [5.74, 6) is 0.728. The lowest BCUT2D eigenvalue weighted by molar-refractivity contribution is 0.0949. The molecule has 0 heterocycles. The standard InChI is InChI=1S/C15H22BrNO3/c1-4-10(5-2)13(16)9-17-15(19)12-8-11(20-3)6-7-14(12)18/h6-8,10,13,18H,4-5,9H2,1-3H3,(H,17,19). The maximum absolute atomic E-state index is 12.1. The molecule has 1 atom stereocenters. The van der Waals surface area contributed by atoms with E-state index in [1.54, 1.807) is 6.07 Å². The van der Waals surface area contributed by atoms with Crippen LogP contribution in [0.15, 0.2) is 18.2 Å². The summed E-state index contributed by atoms with van der Waals surface area (Å²) < 4.78 is 5.06. The molecule has 1 aromatic rings. The van der Waals surface area contributed by atoms with Gasteiger partial charge in [0.1, 0.15) is 11.5 Å². The minimum absolute atomic E-state index is 0.0445. The highest BCUT2D eigenvalue weighted by molar-refractivity contribution is 9.09. The molecule has 20 heavy (non-hydrogen) atoms. The molecule has 0 bridgehead atoms. The third-order valence-electron chi connectivity index (χ3n) is 3.47. The second-order valence-electron chi connectivity index (χ2n) is 4.69. The summed E-state index contributed by atoms with van der Waals surface area (Å²) in [5, 5.41) is 12.6. The predicted molar refractivity (Wildman–Crippen MR) is 83.8 cm³/mol. The van der Waals surface area contributed by atoms with E-state index in [9.17, 15) is 9.90 Å². The van der Waals surface area contributed by atoms with Crippen LogP contribution in [0.25, 0.3) is 0 Å². The third-order valence-corrected chi connectivity index (χ3v) is 4.54. The number of alkyl halides is 1. The molecule has 1 unspecified atom stereocenters. The first kappa shape index (κ1) is 16.8. The average molecular weight is 344 g/mol. The average Bonchev–Trinajstić information content (AvgIpc) is 2.46. The molecular weight excluding hydrogens is 322 g/mol. The van der Waals surface area contributed by atoms with Gasteiger partial charge in [-0.2, -0.15) is 0 Å². The number of nitrogens with one attached hydrogen (secondary N) is 1. The lowest BCUT2D eigenvalue weighted by Gasteiger charge is -2.20. The van der Waals surface area contributed by atoms with Gasteiger partial charge in [0.25, 0.3) is 5.91 Å². The van der Waals surface area contributed by atoms with Crippen molar-refractivity contribution in [2.45, 2.75) is 31.5 Å². The molecule has 0 aliphatic heterocycles. The zero-order valence-corrected chi connectivity index (χ0v) is 13.7. The molecule has 1 rings (SSSR count). The van der Waals surface area contributed by atoms with Crippen molar-refractivity contribution < 1.29 is 14.6 Å². The molecule has 0 radical (unpaired) electrons. The Labute approximate surface area is 128 Å². The van der Waals surface area contributed by atoms with E-state index < -0.39 is 0 Å². The van der Waals surface area contributed by atoms with Crippen LogP contribution < -0.4 is 10.1 Å². The smallest absolute Gasteiger partial charge is 0.255 e. The summed E-state index contributed by atoms with van der Waals surface area (Å²) in [6.07, 6.45) is 2.12. The Morgan fingerprint density at radius 2 is 2.05 bits per heavy atom. The number of hydrogen-bond acceptors (Lipinski definition) is 3. The molecule has 5 heteroatoms. The maximum Gasteiger partial charge on any atom is 0.255 e. The topological polar surface area (TPSA) is 58.6 Å². The number of phenols is 1. The maximum atomic E-state index is 12.1. The molecular formula is C15H22BrNO3. The molecule has 2 N–H and O–H groups in total. The number of carbonyl (C=O) groups excluding carboxylic acids is 1. The van der Waals surface area contributed by atoms with Crippen molar-refractivity contribution >= 4 is 21.8 Å². The van der Waals surface area contributed by atoms with E-state index in [0.717, 1.165) is 12.8 Å². The number of phenolic OH excluding ortho intramolecular Hbond substituents is 1. The van der Waals surface area contributed by atoms with Crippen LogP contribution in [0.1, 0.15) is 37.0 Å². The van der Waals surface area contributed by atoms with Crippen molar-refractivity contribution in [2.75, 3.05) is 13.7 Å². The second-order valence-corrected chi connectivity index (χ2v) is 5.86. The van der Waals surface area contributed by atoms with E-state index in [1.165, 1.54) is 19.2 Å². The van der Waals surface area contributed by atoms with Gasteiger partial charge in [0.2, 0.25) is 0 Å². The Morgan fingerprint density at radius 1 is 1.40 bits per heavy atom. The summed E-state index contributed by atoms with van der Waals surface area (Å²) in [7, 11) is 1.52. The Kier molecular flexibility index (Phi) is 6.85. The predicted octanol–water partition coefficient (Wildman–Crippen LogP) is 3.33. The summed E-state index contributed by atoms with van der Waals surface area (Å²) in [4.78, 5) is 12.3. The minimum Gasteiger partial charge on any atom is -0.507 e. The van der Waals surface area contributed by atoms with Gasteiger partial charge in [0.05, 0.1) is 12.7 Å². The van der Waals surface area contributed by atoms with Crippen LogP contribution in [0.3, 0.4) is 0 Å². The quantitative estimate of drug-likeness (QED) is 0.746. The zero-order chi connectivity index (χ0) is 15.1. The number of amides is 1. The monoisotopic (exact) mass is 343 g/mol. The number of ether oxygens (including phenoxy) is 1. The van der Waals surface area contributed by atoms with Crippen molar-refractivity contribution in [3.63, 3.8) is 0 Å². The van der Waals surface area contributed by atoms with E-state index >= 15 is 0 Å². The van der Waals surface area contributed by atoms with Crippen molar-refractivity contribution in [2.24, 2.45) is 5.92 Å². The number of rotatable bonds is 7. The number of halogens is 1. The number of benzene rings is 1. The minimum atomic E-state index is -0.295. The molecule has 0 spiro atoms. The van der Waals surface area contributed by atoms with Gasteiger partial charge >= 0.3 is 0 Å². The van der Waals surface area contributed by atoms with Gasteiger partial charge in [-0.3, -0.25) is 4.79 Å². The highest BCUT2D eigenvalue weighted by Gasteiger charge is 2.18. The summed E-state index contributed by atoms with van der Waals surface area (Å²) in [5.41, 5.74) is 0.230. The van der Waals surface area contributed by atoms with Crippen molar-refractivity contribution in [3.8, 4) is 11.5 Å². The molecule has 0 aliphatic rings. The van der Waals surface area contributed by atoms with Crippen LogP contribution in [-0.4, -0.2) is 29.5 Å². The first-order valence-electron chi connectivity index (χ1n) is 6.82. The molecule has 112 valence electrons. The van der Waals surface area contributed by atoms with Crippen LogP contribution in [-0.2, 0) is 0 Å². The molecule has 0 fully saturated rings. The summed E-state index contributed by atoms with van der Waals surface area (Å²) in [6.45, 7) is 4.80. The van der Waals surface area contributed by atoms with Crippen LogP contribution in [0.5, 0.6) is 11.5 Å². The first-order chi connectivity index (χ1) is 9.53. The van der Waals surface area contributed by atoms with Gasteiger partial charge in [-0.1, -0.05) is 42.6 Å². The Balaban J connectivity index is 2.67. The summed E-state index contributed by atoms with van der Waals surface area (Å²) in [6, 6.07) is 4.61. The highest BCUT2D eigenvalue weighted by atomic mass is 79.9. The van der Waals surface area contributed by atoms with Crippen LogP contribution in [0.4, 0.5) is 0 Å². The number of aromatic hydroxyl groups is 1. The van der Waals surface area contributed by atoms with Crippen LogP contribution in [0, 0.1) is 5.92 Å². The van der Waals surface area contributed by atoms with E-state index in [-0.39, 0.29) is 22.0 Å². The van der Waals surface area contributed by atoms with E-state index in [1.807, 2.05) is 0 Å². The third kappa shape index (κ3) is 4.40. The van der Waals surface area contributed by atoms with Gasteiger partial charge in [-0.25, -0.2) is 0 Å². The van der Waals surface area contributed by atoms with Gasteiger partial charge in [0, 0.05) is 11.4 Å². The van der Waals surface area contributed by atoms with E-state index in [2.05, 4.69) is 35.1 Å². The van der Waals surface area contributed by atoms with Gasteiger partial charge in [0.15, 0.2) is 0 Å². The number of methoxy groups -OCH3 is 1. The van der Waals surface area contributed by atoms with E-state index in [4.69, 9.17) is 4.74 Å². The second kappa shape index (κ2) is 8.15. The lowest BCUT2D eigenvalue weighted by Crippen LogP contribution is -2.32. The Hall–Kier alpha value is -1.23. The Morgan fingerprint density at radius 3 is 2.60 bits per heavy atom. The SMILES string of the molecule is CCC(CC)C(Br)CNC(=O)c1cc(OC)ccc1O. The summed E-state index contributed by atoms with van der Waals surface area (Å²) >= 11 is 3.61. The highest BCUT2D eigenvalue weighted by Crippen LogP contribution is 2.23. The fourth-order valence-electron chi connectivity index (χ4n) is 2.08. The molecule has 1 amide bonds. The largest absolute Gasteiger partial charge is 0.507 e. The fraction of sp³-hybridized carbons (Fsp3) is 0.533. The molecule has 0 aromatic heterocycles. The van der Waals surface area contributed by atoms with Crippen molar-refractivity contribution in [1.82, 2.24) is 5.32 Å². The lowest BCUT2D eigenvalue weighted by atomic mass is 9.99. The van der Waals surface area contributed by atoms with Crippen LogP contribution in [0.2, 0.25) is 0 Å². The van der Waals surface area contributed by atoms with Gasteiger partial charge in [-0.15, -0.1) is 0 Å². The van der Waals surface area contributed by atoms with Crippen molar-refractivity contribution in [3.05, 3.63) is 23.8 Å². The van der Waals surface area contributed by atoms with E-state index in [0.29, 0.717) is 18.2 Å².